The minimum atomic E-state index is -1.09. The predicted octanol–water partition coefficient (Wildman–Crippen LogP) is 0.0358. The highest BCUT2D eigenvalue weighted by molar-refractivity contribution is 7.13. The van der Waals surface area contributed by atoms with Gasteiger partial charge in [0.15, 0.2) is 11.7 Å². The molecule has 0 radical (unpaired) electrons. The molecule has 0 unspecified atom stereocenters. The van der Waals surface area contributed by atoms with Gasteiger partial charge in [0.2, 0.25) is 0 Å². The number of carbonyl (C=O) groups excluding carboxylic acids is 1. The number of hydrogen-bond donors (Lipinski definition) is 0. The number of carboxylic acid groups (broad SMARTS) is 1. The number of carboxylic acids is 1. The number of carbonyl (C=O) groups is 1. The fourth-order valence-corrected chi connectivity index (χ4v) is 2.16. The first-order chi connectivity index (χ1) is 5.57. The van der Waals surface area contributed by atoms with E-state index in [0.29, 0.717) is 11.6 Å². The molecular weight excluding hydrogens is 174 g/mol. The number of hydrogen-bond acceptors (Lipinski definition) is 3. The SMILES string of the molecule is CC[n+]1c(C(=O)[O-])sc(C)c1C. The van der Waals surface area contributed by atoms with Gasteiger partial charge in [-0.05, 0) is 13.8 Å². The number of aryl methyl sites for hydroxylation is 1. The number of rotatable bonds is 2. The van der Waals surface area contributed by atoms with Crippen LogP contribution >= 0.6 is 11.3 Å². The molecule has 0 aromatic carbocycles. The molecule has 0 saturated heterocycles. The lowest BCUT2D eigenvalue weighted by Crippen LogP contribution is -2.43. The minimum absolute atomic E-state index is 0.313. The molecule has 1 aromatic heterocycles. The van der Waals surface area contributed by atoms with E-state index in [-0.39, 0.29) is 0 Å². The van der Waals surface area contributed by atoms with Gasteiger partial charge < -0.3 is 9.90 Å². The quantitative estimate of drug-likeness (QED) is 0.610. The molecule has 3 nitrogen and oxygen atoms in total. The number of aromatic carboxylic acids is 1. The van der Waals surface area contributed by atoms with Crippen molar-refractivity contribution < 1.29 is 14.5 Å². The lowest BCUT2D eigenvalue weighted by atomic mass is 10.4. The van der Waals surface area contributed by atoms with Gasteiger partial charge in [0, 0.05) is 6.92 Å². The van der Waals surface area contributed by atoms with Crippen LogP contribution in [0.15, 0.2) is 0 Å². The Labute approximate surface area is 75.3 Å². The third-order valence-corrected chi connectivity index (χ3v) is 3.08. The summed E-state index contributed by atoms with van der Waals surface area (Å²) in [4.78, 5) is 11.7. The molecule has 0 N–H and O–H groups in total. The number of nitrogens with zero attached hydrogens (tertiary/aromatic N) is 1. The van der Waals surface area contributed by atoms with E-state index in [1.54, 1.807) is 4.57 Å². The van der Waals surface area contributed by atoms with Crippen molar-refractivity contribution >= 4 is 17.3 Å². The first kappa shape index (κ1) is 9.19. The van der Waals surface area contributed by atoms with Gasteiger partial charge in [0.1, 0.15) is 6.54 Å². The van der Waals surface area contributed by atoms with Gasteiger partial charge in [-0.3, -0.25) is 0 Å². The van der Waals surface area contributed by atoms with Crippen molar-refractivity contribution in [2.75, 3.05) is 0 Å². The Morgan fingerprint density at radius 3 is 2.50 bits per heavy atom. The average Bonchev–Trinajstić information content (AvgIpc) is 2.29. The first-order valence-corrected chi connectivity index (χ1v) is 4.60. The van der Waals surface area contributed by atoms with Crippen LogP contribution in [0.4, 0.5) is 0 Å². The van der Waals surface area contributed by atoms with Crippen molar-refractivity contribution in [2.45, 2.75) is 27.3 Å². The van der Waals surface area contributed by atoms with E-state index < -0.39 is 5.97 Å². The minimum Gasteiger partial charge on any atom is -0.539 e. The topological polar surface area (TPSA) is 44.0 Å². The van der Waals surface area contributed by atoms with Crippen LogP contribution in [-0.2, 0) is 6.54 Å². The lowest BCUT2D eigenvalue weighted by molar-refractivity contribution is -0.698. The molecule has 0 spiro atoms. The summed E-state index contributed by atoms with van der Waals surface area (Å²) in [5.41, 5.74) is 1.02. The van der Waals surface area contributed by atoms with Crippen LogP contribution in [0.25, 0.3) is 0 Å². The summed E-state index contributed by atoms with van der Waals surface area (Å²) >= 11 is 1.27. The summed E-state index contributed by atoms with van der Waals surface area (Å²) in [5, 5.41) is 10.9. The summed E-state index contributed by atoms with van der Waals surface area (Å²) in [7, 11) is 0. The van der Waals surface area contributed by atoms with Crippen LogP contribution < -0.4 is 9.67 Å². The fraction of sp³-hybridized carbons (Fsp3) is 0.500. The lowest BCUT2D eigenvalue weighted by Gasteiger charge is -1.95. The van der Waals surface area contributed by atoms with E-state index in [4.69, 9.17) is 0 Å². The van der Waals surface area contributed by atoms with Gasteiger partial charge in [-0.15, -0.1) is 0 Å². The molecule has 0 atom stereocenters. The molecule has 0 aliphatic rings. The summed E-state index contributed by atoms with van der Waals surface area (Å²) in [6.45, 7) is 6.44. The van der Waals surface area contributed by atoms with Gasteiger partial charge in [0.25, 0.3) is 5.01 Å². The van der Waals surface area contributed by atoms with E-state index in [1.807, 2.05) is 20.8 Å². The third-order valence-electron chi connectivity index (χ3n) is 1.90. The summed E-state index contributed by atoms with van der Waals surface area (Å²) in [6, 6.07) is 0. The van der Waals surface area contributed by atoms with Crippen molar-refractivity contribution in [1.29, 1.82) is 0 Å². The molecule has 0 aliphatic heterocycles. The molecular formula is C8H11NO2S. The zero-order valence-corrected chi connectivity index (χ0v) is 8.20. The van der Waals surface area contributed by atoms with Crippen LogP contribution in [0.2, 0.25) is 0 Å². The standard InChI is InChI=1S/C8H11NO2S/c1-4-9-5(2)6(3)12-7(9)8(10)11/h4H2,1-3H3. The van der Waals surface area contributed by atoms with E-state index in [0.717, 1.165) is 10.6 Å². The van der Waals surface area contributed by atoms with Crippen molar-refractivity contribution in [1.82, 2.24) is 0 Å². The molecule has 1 aromatic rings. The van der Waals surface area contributed by atoms with Gasteiger partial charge >= 0.3 is 0 Å². The van der Waals surface area contributed by atoms with Crippen LogP contribution in [-0.4, -0.2) is 5.97 Å². The van der Waals surface area contributed by atoms with Gasteiger partial charge in [0.05, 0.1) is 4.88 Å². The van der Waals surface area contributed by atoms with E-state index in [1.165, 1.54) is 11.3 Å². The fourth-order valence-electron chi connectivity index (χ4n) is 1.15. The van der Waals surface area contributed by atoms with Gasteiger partial charge in [-0.1, -0.05) is 11.3 Å². The maximum atomic E-state index is 10.6. The Morgan fingerprint density at radius 1 is 1.58 bits per heavy atom. The van der Waals surface area contributed by atoms with E-state index in [2.05, 4.69) is 0 Å². The summed E-state index contributed by atoms with van der Waals surface area (Å²) in [5.74, 6) is -1.09. The zero-order valence-electron chi connectivity index (χ0n) is 7.38. The third kappa shape index (κ3) is 1.34. The molecule has 1 rings (SSSR count). The van der Waals surface area contributed by atoms with Crippen LogP contribution in [0.5, 0.6) is 0 Å². The highest BCUT2D eigenvalue weighted by atomic mass is 32.1. The molecule has 0 fully saturated rings. The second-order valence-corrected chi connectivity index (χ2v) is 3.78. The Morgan fingerprint density at radius 2 is 2.17 bits per heavy atom. The molecule has 0 aliphatic carbocycles. The summed E-state index contributed by atoms with van der Waals surface area (Å²) in [6.07, 6.45) is 0. The second kappa shape index (κ2) is 3.23. The molecule has 1 heterocycles. The average molecular weight is 185 g/mol. The molecule has 4 heteroatoms. The Balaban J connectivity index is 3.29. The van der Waals surface area contributed by atoms with Crippen molar-refractivity contribution in [3.63, 3.8) is 0 Å². The van der Waals surface area contributed by atoms with Crippen LogP contribution in [0, 0.1) is 13.8 Å². The van der Waals surface area contributed by atoms with E-state index in [9.17, 15) is 9.90 Å². The number of aromatic nitrogens is 1. The monoisotopic (exact) mass is 185 g/mol. The molecule has 66 valence electrons. The first-order valence-electron chi connectivity index (χ1n) is 3.79. The molecule has 0 bridgehead atoms. The van der Waals surface area contributed by atoms with Crippen molar-refractivity contribution in [3.8, 4) is 0 Å². The maximum absolute atomic E-state index is 10.6. The Kier molecular flexibility index (Phi) is 2.47. The van der Waals surface area contributed by atoms with Crippen molar-refractivity contribution in [3.05, 3.63) is 15.6 Å². The maximum Gasteiger partial charge on any atom is 0.285 e. The second-order valence-electron chi connectivity index (χ2n) is 2.58. The summed E-state index contributed by atoms with van der Waals surface area (Å²) < 4.78 is 1.76. The smallest absolute Gasteiger partial charge is 0.285 e. The molecule has 0 amide bonds. The number of thiazole rings is 1. The zero-order chi connectivity index (χ0) is 9.30. The van der Waals surface area contributed by atoms with Crippen LogP contribution in [0.3, 0.4) is 0 Å². The molecule has 12 heavy (non-hydrogen) atoms. The van der Waals surface area contributed by atoms with Gasteiger partial charge in [-0.2, -0.15) is 4.57 Å². The predicted molar refractivity (Wildman–Crippen MR) is 44.0 cm³/mol. The highest BCUT2D eigenvalue weighted by Crippen LogP contribution is 2.13. The normalized spacial score (nSPS) is 10.2. The largest absolute Gasteiger partial charge is 0.539 e. The van der Waals surface area contributed by atoms with Crippen LogP contribution in [0.1, 0.15) is 27.3 Å². The van der Waals surface area contributed by atoms with E-state index >= 15 is 0 Å². The Hall–Kier alpha value is -0.900. The Bertz CT molecular complexity index is 317. The van der Waals surface area contributed by atoms with Crippen molar-refractivity contribution in [2.24, 2.45) is 0 Å². The molecule has 0 saturated carbocycles. The van der Waals surface area contributed by atoms with Gasteiger partial charge in [-0.25, -0.2) is 0 Å². The highest BCUT2D eigenvalue weighted by Gasteiger charge is 2.19.